The third kappa shape index (κ3) is 3.71. The maximum absolute atomic E-state index is 12.3. The zero-order valence-corrected chi connectivity index (χ0v) is 13.2. The second-order valence-corrected chi connectivity index (χ2v) is 4.91. The number of rotatable bonds is 6. The van der Waals surface area contributed by atoms with E-state index in [0.717, 1.165) is 19.5 Å². The van der Waals surface area contributed by atoms with E-state index >= 15 is 0 Å². The molecule has 2 N–H and O–H groups in total. The van der Waals surface area contributed by atoms with E-state index in [-0.39, 0.29) is 5.91 Å². The highest BCUT2D eigenvalue weighted by atomic mass is 16.5. The smallest absolute Gasteiger partial charge is 0.251 e. The molecule has 1 aliphatic rings. The standard InChI is InChI=1S/C16H22N2O4/c1-20-13-8-12(9-14(21-2)15(13)22-3)16(19)18-10-11-4-6-17-7-5-11/h4,8-9,17H,5-7,10H2,1-3H3,(H,18,19). The fourth-order valence-corrected chi connectivity index (χ4v) is 2.34. The summed E-state index contributed by atoms with van der Waals surface area (Å²) < 4.78 is 15.8. The SMILES string of the molecule is COc1cc(C(=O)NCC2=CCNCC2)cc(OC)c1OC. The van der Waals surface area contributed by atoms with Crippen LogP contribution in [0.4, 0.5) is 0 Å². The molecule has 0 fully saturated rings. The van der Waals surface area contributed by atoms with Gasteiger partial charge in [-0.1, -0.05) is 11.6 Å². The van der Waals surface area contributed by atoms with Crippen molar-refractivity contribution in [1.29, 1.82) is 0 Å². The summed E-state index contributed by atoms with van der Waals surface area (Å²) in [6.07, 6.45) is 3.06. The Morgan fingerprint density at radius 1 is 1.18 bits per heavy atom. The van der Waals surface area contributed by atoms with E-state index in [1.165, 1.54) is 26.9 Å². The van der Waals surface area contributed by atoms with E-state index in [0.29, 0.717) is 29.4 Å². The fourth-order valence-electron chi connectivity index (χ4n) is 2.34. The zero-order chi connectivity index (χ0) is 15.9. The van der Waals surface area contributed by atoms with Crippen LogP contribution in [-0.2, 0) is 0 Å². The Bertz CT molecular complexity index is 544. The molecular weight excluding hydrogens is 284 g/mol. The van der Waals surface area contributed by atoms with Gasteiger partial charge in [0.05, 0.1) is 21.3 Å². The van der Waals surface area contributed by atoms with Crippen molar-refractivity contribution in [3.8, 4) is 17.2 Å². The summed E-state index contributed by atoms with van der Waals surface area (Å²) in [6, 6.07) is 3.29. The summed E-state index contributed by atoms with van der Waals surface area (Å²) in [7, 11) is 4.58. The third-order valence-electron chi connectivity index (χ3n) is 3.56. The van der Waals surface area contributed by atoms with E-state index < -0.39 is 0 Å². The van der Waals surface area contributed by atoms with Gasteiger partial charge in [-0.3, -0.25) is 4.79 Å². The molecule has 1 aromatic carbocycles. The van der Waals surface area contributed by atoms with E-state index in [1.54, 1.807) is 12.1 Å². The molecule has 0 aromatic heterocycles. The molecule has 2 rings (SSSR count). The second kappa shape index (κ2) is 7.70. The van der Waals surface area contributed by atoms with Gasteiger partial charge in [-0.2, -0.15) is 0 Å². The van der Waals surface area contributed by atoms with Gasteiger partial charge in [-0.05, 0) is 25.1 Å². The molecule has 1 aliphatic heterocycles. The predicted octanol–water partition coefficient (Wildman–Crippen LogP) is 1.36. The number of amides is 1. The van der Waals surface area contributed by atoms with Crippen LogP contribution in [0.25, 0.3) is 0 Å². The largest absolute Gasteiger partial charge is 0.493 e. The highest BCUT2D eigenvalue weighted by Crippen LogP contribution is 2.38. The first kappa shape index (κ1) is 16.2. The van der Waals surface area contributed by atoms with Gasteiger partial charge in [0.1, 0.15) is 0 Å². The fraction of sp³-hybridized carbons (Fsp3) is 0.438. The van der Waals surface area contributed by atoms with Crippen molar-refractivity contribution in [2.24, 2.45) is 0 Å². The summed E-state index contributed by atoms with van der Waals surface area (Å²) >= 11 is 0. The molecule has 0 atom stereocenters. The van der Waals surface area contributed by atoms with Gasteiger partial charge in [0.15, 0.2) is 11.5 Å². The number of benzene rings is 1. The van der Waals surface area contributed by atoms with Crippen molar-refractivity contribution >= 4 is 5.91 Å². The van der Waals surface area contributed by atoms with Crippen LogP contribution >= 0.6 is 0 Å². The van der Waals surface area contributed by atoms with E-state index in [9.17, 15) is 4.79 Å². The Kier molecular flexibility index (Phi) is 5.66. The minimum Gasteiger partial charge on any atom is -0.493 e. The number of carbonyl (C=O) groups is 1. The van der Waals surface area contributed by atoms with Crippen LogP contribution in [-0.4, -0.2) is 46.9 Å². The molecule has 1 aromatic rings. The van der Waals surface area contributed by atoms with Crippen molar-refractivity contribution in [3.05, 3.63) is 29.3 Å². The lowest BCUT2D eigenvalue weighted by molar-refractivity contribution is 0.0956. The van der Waals surface area contributed by atoms with Gasteiger partial charge in [-0.15, -0.1) is 0 Å². The van der Waals surface area contributed by atoms with E-state index in [2.05, 4.69) is 16.7 Å². The molecular formula is C16H22N2O4. The number of nitrogens with one attached hydrogen (secondary N) is 2. The van der Waals surface area contributed by atoms with Crippen LogP contribution in [0, 0.1) is 0 Å². The molecule has 0 unspecified atom stereocenters. The van der Waals surface area contributed by atoms with Gasteiger partial charge in [0.25, 0.3) is 5.91 Å². The van der Waals surface area contributed by atoms with Gasteiger partial charge < -0.3 is 24.8 Å². The second-order valence-electron chi connectivity index (χ2n) is 4.91. The van der Waals surface area contributed by atoms with Crippen molar-refractivity contribution in [3.63, 3.8) is 0 Å². The molecule has 0 saturated heterocycles. The molecule has 6 heteroatoms. The first-order valence-electron chi connectivity index (χ1n) is 7.16. The number of hydrogen-bond donors (Lipinski definition) is 2. The van der Waals surface area contributed by atoms with Crippen molar-refractivity contribution in [2.45, 2.75) is 6.42 Å². The van der Waals surface area contributed by atoms with Gasteiger partial charge in [-0.25, -0.2) is 0 Å². The number of methoxy groups -OCH3 is 3. The van der Waals surface area contributed by atoms with Crippen LogP contribution in [0.3, 0.4) is 0 Å². The molecule has 0 spiro atoms. The van der Waals surface area contributed by atoms with Crippen LogP contribution in [0.5, 0.6) is 17.2 Å². The normalized spacial score (nSPS) is 14.0. The Morgan fingerprint density at radius 3 is 2.36 bits per heavy atom. The summed E-state index contributed by atoms with van der Waals surface area (Å²) in [5.74, 6) is 1.24. The number of hydrogen-bond acceptors (Lipinski definition) is 5. The molecule has 6 nitrogen and oxygen atoms in total. The third-order valence-corrected chi connectivity index (χ3v) is 3.56. The Hall–Kier alpha value is -2.21. The highest BCUT2D eigenvalue weighted by molar-refractivity contribution is 5.95. The van der Waals surface area contributed by atoms with Crippen molar-refractivity contribution < 1.29 is 19.0 Å². The quantitative estimate of drug-likeness (QED) is 0.777. The van der Waals surface area contributed by atoms with E-state index in [1.807, 2.05) is 0 Å². The molecule has 0 aliphatic carbocycles. The summed E-state index contributed by atoms with van der Waals surface area (Å²) in [4.78, 5) is 12.3. The summed E-state index contributed by atoms with van der Waals surface area (Å²) in [6.45, 7) is 2.36. The lowest BCUT2D eigenvalue weighted by Crippen LogP contribution is -2.29. The monoisotopic (exact) mass is 306 g/mol. The van der Waals surface area contributed by atoms with Crippen LogP contribution in [0.2, 0.25) is 0 Å². The van der Waals surface area contributed by atoms with Crippen LogP contribution < -0.4 is 24.8 Å². The van der Waals surface area contributed by atoms with Gasteiger partial charge in [0, 0.05) is 18.7 Å². The molecule has 1 amide bonds. The lowest BCUT2D eigenvalue weighted by Gasteiger charge is -2.16. The summed E-state index contributed by atoms with van der Waals surface area (Å²) in [5.41, 5.74) is 1.71. The minimum atomic E-state index is -0.168. The lowest BCUT2D eigenvalue weighted by atomic mass is 10.1. The predicted molar refractivity (Wildman–Crippen MR) is 84.0 cm³/mol. The summed E-state index contributed by atoms with van der Waals surface area (Å²) in [5, 5.41) is 6.16. The van der Waals surface area contributed by atoms with Gasteiger partial charge in [0.2, 0.25) is 5.75 Å². The maximum Gasteiger partial charge on any atom is 0.251 e. The average Bonchev–Trinajstić information content (AvgIpc) is 2.59. The van der Waals surface area contributed by atoms with E-state index in [4.69, 9.17) is 14.2 Å². The average molecular weight is 306 g/mol. The highest BCUT2D eigenvalue weighted by Gasteiger charge is 2.17. The van der Waals surface area contributed by atoms with Crippen LogP contribution in [0.15, 0.2) is 23.8 Å². The van der Waals surface area contributed by atoms with Crippen LogP contribution in [0.1, 0.15) is 16.8 Å². The first-order valence-corrected chi connectivity index (χ1v) is 7.16. The number of ether oxygens (including phenoxy) is 3. The van der Waals surface area contributed by atoms with Crippen molar-refractivity contribution in [2.75, 3.05) is 41.0 Å². The van der Waals surface area contributed by atoms with Gasteiger partial charge >= 0.3 is 0 Å². The topological polar surface area (TPSA) is 68.8 Å². The maximum atomic E-state index is 12.3. The Morgan fingerprint density at radius 2 is 1.86 bits per heavy atom. The Labute approximate surface area is 130 Å². The molecule has 0 radical (unpaired) electrons. The molecule has 1 heterocycles. The van der Waals surface area contributed by atoms with Crippen molar-refractivity contribution in [1.82, 2.24) is 10.6 Å². The minimum absolute atomic E-state index is 0.168. The Balaban J connectivity index is 2.13. The number of carbonyl (C=O) groups excluding carboxylic acids is 1. The first-order chi connectivity index (χ1) is 10.7. The molecule has 22 heavy (non-hydrogen) atoms. The molecule has 0 saturated carbocycles. The molecule has 0 bridgehead atoms. The zero-order valence-electron chi connectivity index (χ0n) is 13.2. The molecule has 120 valence electrons.